The molecule has 0 spiro atoms. The van der Waals surface area contributed by atoms with E-state index >= 15 is 0 Å². The topological polar surface area (TPSA) is 70.0 Å². The first-order valence-corrected chi connectivity index (χ1v) is 0. The summed E-state index contributed by atoms with van der Waals surface area (Å²) in [4.78, 5) is 0. The van der Waals surface area contributed by atoms with Crippen molar-refractivity contribution in [3.63, 3.8) is 0 Å². The van der Waals surface area contributed by atoms with Gasteiger partial charge in [-0.1, -0.05) is 0 Å². The van der Waals surface area contributed by atoms with Crippen LogP contribution in [-0.4, -0.2) is 0 Å². The van der Waals surface area contributed by atoms with Crippen LogP contribution >= 0.6 is 0 Å². The summed E-state index contributed by atoms with van der Waals surface area (Å²) in [7, 11) is 0. The third kappa shape index (κ3) is 13.2. The van der Waals surface area contributed by atoms with Crippen LogP contribution in [0.25, 0.3) is 0 Å². The Kier molecular flexibility index (Phi) is 1010. The van der Waals surface area contributed by atoms with Gasteiger partial charge < -0.3 is 24.7 Å². The number of halogens is 1. The van der Waals surface area contributed by atoms with E-state index in [-0.39, 0.29) is 45.1 Å². The molecule has 4 heavy (non-hydrogen) atoms. The smallest absolute Gasteiger partial charge is 1.00 e. The normalized spacial score (nSPS) is 0. The summed E-state index contributed by atoms with van der Waals surface area (Å²) in [6.07, 6.45) is 0. The molecule has 0 amide bonds. The van der Waals surface area contributed by atoms with E-state index in [0.29, 0.717) is 0 Å². The molecule has 0 aliphatic heterocycles. The van der Waals surface area contributed by atoms with Crippen LogP contribution in [0.15, 0.2) is 0 Å². The van der Waals surface area contributed by atoms with Crippen LogP contribution in [0.5, 0.6) is 0 Å². The van der Waals surface area contributed by atoms with E-state index in [1.165, 1.54) is 0 Å². The van der Waals surface area contributed by atoms with Gasteiger partial charge in [-0.25, -0.2) is 0 Å². The Balaban J connectivity index is 0. The largest absolute Gasteiger partial charge is 2.00 e. The third-order valence-electron chi connectivity index (χ3n) is 0. The molecule has 0 aromatic rings. The zero-order valence-electron chi connectivity index (χ0n) is 2.11. The van der Waals surface area contributed by atoms with Gasteiger partial charge in [0, 0.05) is 0 Å². The summed E-state index contributed by atoms with van der Waals surface area (Å²) < 4.78 is 0. The third-order valence-corrected chi connectivity index (χ3v) is 0. The second-order valence-corrected chi connectivity index (χ2v) is 0. The molecule has 0 bridgehead atoms. The minimum atomic E-state index is 0. The molecule has 6 N–H and O–H groups in total. The van der Waals surface area contributed by atoms with Gasteiger partial charge in [-0.15, -0.1) is 0 Å². The zero-order chi connectivity index (χ0) is 0. The first-order chi connectivity index (χ1) is 0. The number of hydrogen-bond donors (Lipinski definition) is 2. The predicted octanol–water partition coefficient (Wildman–Crippen LogP) is -2.67. The van der Waals surface area contributed by atoms with Crippen molar-refractivity contribution in [3.05, 3.63) is 0 Å². The van der Waals surface area contributed by atoms with Crippen LogP contribution in [0.1, 0.15) is 0 Å². The monoisotopic (exact) mass is 175 g/mol. The molecule has 4 heteroatoms. The van der Waals surface area contributed by atoms with Gasteiger partial charge in [0.1, 0.15) is 0 Å². The summed E-state index contributed by atoms with van der Waals surface area (Å²) in [6.45, 7) is 0. The van der Waals surface area contributed by atoms with Crippen molar-refractivity contribution < 1.29 is 32.8 Å². The molecule has 0 aromatic heterocycles. The van der Waals surface area contributed by atoms with Crippen molar-refractivity contribution in [2.75, 3.05) is 0 Å². The maximum atomic E-state index is 0. The quantitative estimate of drug-likeness (QED) is 0.395. The summed E-state index contributed by atoms with van der Waals surface area (Å²) in [5.74, 6) is 0. The van der Waals surface area contributed by atoms with Crippen molar-refractivity contribution in [2.45, 2.75) is 0 Å². The van der Waals surface area contributed by atoms with Gasteiger partial charge in [0.25, 0.3) is 0 Å². The van der Waals surface area contributed by atoms with E-state index in [9.17, 15) is 0 Å². The maximum absolute atomic E-state index is 0. The Morgan fingerprint density at radius 2 is 0.750 bits per heavy atom. The molecule has 32 valence electrons. The second kappa shape index (κ2) is 42.0. The number of rotatable bonds is 0. The average Bonchev–Trinajstić information content (AvgIpc) is 0. The molecule has 0 aliphatic carbocycles. The van der Waals surface area contributed by atoms with E-state index in [0.717, 1.165) is 0 Å². The maximum Gasteiger partial charge on any atom is 2.00 e. The van der Waals surface area contributed by atoms with E-state index < -0.39 is 0 Å². The summed E-state index contributed by atoms with van der Waals surface area (Å²) >= 11 is 0. The van der Waals surface area contributed by atoms with Gasteiger partial charge in [0.2, 0.25) is 0 Å². The summed E-state index contributed by atoms with van der Waals surface area (Å²) in [5.41, 5.74) is 0. The van der Waals surface area contributed by atoms with E-state index in [4.69, 9.17) is 0 Å². The molecular weight excluding hydrogens is 170 g/mol. The van der Waals surface area contributed by atoms with Gasteiger partial charge in [-0.3, -0.25) is 0 Å². The fraction of sp³-hybridized carbons (Fsp3) is 0. The van der Waals surface area contributed by atoms with Crippen LogP contribution in [0, 0.1) is 0 Å². The van der Waals surface area contributed by atoms with Crippen molar-refractivity contribution in [1.82, 2.24) is 12.3 Å². The molecule has 2 nitrogen and oxygen atoms in total. The first kappa shape index (κ1) is 96.0. The van der Waals surface area contributed by atoms with Crippen LogP contribution in [0.2, 0.25) is 0 Å². The van der Waals surface area contributed by atoms with Crippen molar-refractivity contribution in [2.24, 2.45) is 0 Å². The minimum absolute atomic E-state index is 0. The zero-order valence-corrected chi connectivity index (χ0v) is 4.42. The first-order valence-electron chi connectivity index (χ1n) is 0. The van der Waals surface area contributed by atoms with Crippen LogP contribution in [0.4, 0.5) is 0 Å². The van der Waals surface area contributed by atoms with Crippen LogP contribution in [0.3, 0.4) is 0 Å². The van der Waals surface area contributed by atoms with Gasteiger partial charge >= 0.3 is 20.4 Å². The molecule has 0 saturated carbocycles. The Morgan fingerprint density at radius 1 is 0.750 bits per heavy atom. The second-order valence-electron chi connectivity index (χ2n) is 0. The SMILES string of the molecule is N.N.[Cl-].[Pd+2]. The Morgan fingerprint density at radius 3 is 0.750 bits per heavy atom. The molecule has 0 aliphatic rings. The minimum Gasteiger partial charge on any atom is -1.00 e. The molecule has 0 fully saturated rings. The van der Waals surface area contributed by atoms with Crippen LogP contribution in [-0.2, 0) is 20.4 Å². The Labute approximate surface area is 45.6 Å². The molecule has 0 radical (unpaired) electrons. The molecule has 0 saturated heterocycles. The predicted molar refractivity (Wildman–Crippen MR) is 10.0 cm³/mol. The van der Waals surface area contributed by atoms with Gasteiger partial charge in [0.15, 0.2) is 0 Å². The summed E-state index contributed by atoms with van der Waals surface area (Å²) in [6, 6.07) is 0. The number of hydrogen-bond acceptors (Lipinski definition) is 2. The average molecular weight is 176 g/mol. The van der Waals surface area contributed by atoms with Crippen molar-refractivity contribution >= 4 is 0 Å². The van der Waals surface area contributed by atoms with E-state index in [1.807, 2.05) is 0 Å². The fourth-order valence-electron chi connectivity index (χ4n) is 0. The van der Waals surface area contributed by atoms with Gasteiger partial charge in [-0.05, 0) is 0 Å². The molecule has 0 heterocycles. The molecule has 0 rings (SSSR count). The standard InChI is InChI=1S/ClH.2H3N.Pd/h1H;2*1H3;/q;;;+2/p-1. The molecule has 0 atom stereocenters. The Bertz CT molecular complexity index is 6.00. The van der Waals surface area contributed by atoms with Crippen molar-refractivity contribution in [1.29, 1.82) is 0 Å². The molecular formula is H6ClN2Pd+. The molecule has 0 aromatic carbocycles. The van der Waals surface area contributed by atoms with Crippen molar-refractivity contribution in [3.8, 4) is 0 Å². The van der Waals surface area contributed by atoms with Crippen LogP contribution < -0.4 is 24.7 Å². The Hall–Kier alpha value is 0.872. The molecule has 0 unspecified atom stereocenters. The van der Waals surface area contributed by atoms with E-state index in [1.54, 1.807) is 0 Å². The van der Waals surface area contributed by atoms with Gasteiger partial charge in [-0.2, -0.15) is 0 Å². The summed E-state index contributed by atoms with van der Waals surface area (Å²) in [5, 5.41) is 0. The van der Waals surface area contributed by atoms with E-state index in [2.05, 4.69) is 0 Å². The van der Waals surface area contributed by atoms with Gasteiger partial charge in [0.05, 0.1) is 0 Å². The fourth-order valence-corrected chi connectivity index (χ4v) is 0.